The average molecular weight is 372 g/mol. The summed E-state index contributed by atoms with van der Waals surface area (Å²) >= 11 is 0. The summed E-state index contributed by atoms with van der Waals surface area (Å²) in [4.78, 5) is 17.1. The first-order chi connectivity index (χ1) is 12.3. The standard InChI is InChI=1S/C20H24N2O3S/c1-16-5-3-4-6-18(16)15-21-11-13-22(14-12-21)20(23)17-7-9-19(10-8-17)26(2,24)25/h3-10H,11-15H2,1-2H3. The molecule has 26 heavy (non-hydrogen) atoms. The number of nitrogens with zero attached hydrogens (tertiary/aromatic N) is 2. The molecule has 2 aromatic carbocycles. The fraction of sp³-hybridized carbons (Fsp3) is 0.350. The minimum absolute atomic E-state index is 0.0411. The highest BCUT2D eigenvalue weighted by Gasteiger charge is 2.22. The molecule has 0 atom stereocenters. The van der Waals surface area contributed by atoms with Crippen molar-refractivity contribution < 1.29 is 13.2 Å². The van der Waals surface area contributed by atoms with Gasteiger partial charge < -0.3 is 4.90 Å². The van der Waals surface area contributed by atoms with Crippen molar-refractivity contribution in [2.45, 2.75) is 18.4 Å². The van der Waals surface area contributed by atoms with Gasteiger partial charge in [0.2, 0.25) is 0 Å². The lowest BCUT2D eigenvalue weighted by Crippen LogP contribution is -2.48. The molecule has 1 amide bonds. The molecule has 0 aliphatic carbocycles. The second kappa shape index (κ2) is 7.60. The summed E-state index contributed by atoms with van der Waals surface area (Å²) in [5.41, 5.74) is 3.14. The van der Waals surface area contributed by atoms with E-state index in [2.05, 4.69) is 30.0 Å². The maximum absolute atomic E-state index is 12.6. The zero-order valence-corrected chi connectivity index (χ0v) is 16.0. The molecule has 1 saturated heterocycles. The summed E-state index contributed by atoms with van der Waals surface area (Å²) in [5.74, 6) is -0.0411. The summed E-state index contributed by atoms with van der Waals surface area (Å²) in [6.45, 7) is 6.05. The third kappa shape index (κ3) is 4.31. The molecule has 0 spiro atoms. The summed E-state index contributed by atoms with van der Waals surface area (Å²) in [7, 11) is -3.24. The van der Waals surface area contributed by atoms with Gasteiger partial charge in [-0.2, -0.15) is 0 Å². The molecule has 1 aliphatic rings. The van der Waals surface area contributed by atoms with E-state index in [1.165, 1.54) is 23.3 Å². The summed E-state index contributed by atoms with van der Waals surface area (Å²) < 4.78 is 23.0. The maximum Gasteiger partial charge on any atom is 0.253 e. The molecule has 1 heterocycles. The minimum Gasteiger partial charge on any atom is -0.336 e. The van der Waals surface area contributed by atoms with Gasteiger partial charge in [-0.05, 0) is 42.3 Å². The van der Waals surface area contributed by atoms with Gasteiger partial charge in [0.05, 0.1) is 4.90 Å². The van der Waals surface area contributed by atoms with E-state index in [9.17, 15) is 13.2 Å². The fourth-order valence-electron chi connectivity index (χ4n) is 3.16. The number of hydrogen-bond donors (Lipinski definition) is 0. The molecule has 5 nitrogen and oxygen atoms in total. The van der Waals surface area contributed by atoms with Crippen LogP contribution in [-0.2, 0) is 16.4 Å². The van der Waals surface area contributed by atoms with Crippen LogP contribution in [0.25, 0.3) is 0 Å². The van der Waals surface area contributed by atoms with Gasteiger partial charge in [0.1, 0.15) is 0 Å². The van der Waals surface area contributed by atoms with E-state index in [-0.39, 0.29) is 10.8 Å². The SMILES string of the molecule is Cc1ccccc1CN1CCN(C(=O)c2ccc(S(C)(=O)=O)cc2)CC1. The van der Waals surface area contributed by atoms with Crippen LogP contribution in [0.1, 0.15) is 21.5 Å². The van der Waals surface area contributed by atoms with Gasteiger partial charge in [0.25, 0.3) is 5.91 Å². The first-order valence-corrected chi connectivity index (χ1v) is 10.6. The van der Waals surface area contributed by atoms with E-state index in [0.717, 1.165) is 25.9 Å². The Kier molecular flexibility index (Phi) is 5.44. The average Bonchev–Trinajstić information content (AvgIpc) is 2.63. The van der Waals surface area contributed by atoms with Crippen molar-refractivity contribution in [1.82, 2.24) is 9.80 Å². The van der Waals surface area contributed by atoms with Crippen molar-refractivity contribution in [3.8, 4) is 0 Å². The van der Waals surface area contributed by atoms with Gasteiger partial charge in [-0.15, -0.1) is 0 Å². The summed E-state index contributed by atoms with van der Waals surface area (Å²) in [6.07, 6.45) is 1.16. The second-order valence-electron chi connectivity index (χ2n) is 6.79. The van der Waals surface area contributed by atoms with E-state index in [1.807, 2.05) is 11.0 Å². The number of sulfone groups is 1. The minimum atomic E-state index is -3.24. The zero-order chi connectivity index (χ0) is 18.7. The van der Waals surface area contributed by atoms with Gasteiger partial charge in [-0.25, -0.2) is 8.42 Å². The number of rotatable bonds is 4. The molecule has 0 bridgehead atoms. The third-order valence-corrected chi connectivity index (χ3v) is 5.97. The van der Waals surface area contributed by atoms with Crippen molar-refractivity contribution in [3.05, 3.63) is 65.2 Å². The van der Waals surface area contributed by atoms with Gasteiger partial charge in [-0.3, -0.25) is 9.69 Å². The Morgan fingerprint density at radius 3 is 2.15 bits per heavy atom. The number of piperazine rings is 1. The van der Waals surface area contributed by atoms with Crippen LogP contribution in [0.2, 0.25) is 0 Å². The molecule has 6 heteroatoms. The topological polar surface area (TPSA) is 57.7 Å². The molecule has 3 rings (SSSR count). The molecule has 0 radical (unpaired) electrons. The summed E-state index contributed by atoms with van der Waals surface area (Å²) in [6, 6.07) is 14.6. The maximum atomic E-state index is 12.6. The monoisotopic (exact) mass is 372 g/mol. The molecule has 0 N–H and O–H groups in total. The lowest BCUT2D eigenvalue weighted by Gasteiger charge is -2.35. The van der Waals surface area contributed by atoms with Crippen molar-refractivity contribution in [3.63, 3.8) is 0 Å². The highest BCUT2D eigenvalue weighted by Crippen LogP contribution is 2.15. The van der Waals surface area contributed by atoms with Crippen LogP contribution in [0.15, 0.2) is 53.4 Å². The van der Waals surface area contributed by atoms with E-state index in [4.69, 9.17) is 0 Å². The molecule has 138 valence electrons. The number of carbonyl (C=O) groups excluding carboxylic acids is 1. The van der Waals surface area contributed by atoms with E-state index < -0.39 is 9.84 Å². The van der Waals surface area contributed by atoms with Crippen LogP contribution in [0, 0.1) is 6.92 Å². The first kappa shape index (κ1) is 18.6. The third-order valence-electron chi connectivity index (χ3n) is 4.84. The van der Waals surface area contributed by atoms with Crippen LogP contribution in [0.4, 0.5) is 0 Å². The fourth-order valence-corrected chi connectivity index (χ4v) is 3.80. The number of benzene rings is 2. The van der Waals surface area contributed by atoms with Gasteiger partial charge in [-0.1, -0.05) is 24.3 Å². The molecular formula is C20H24N2O3S. The Balaban J connectivity index is 1.59. The summed E-state index contributed by atoms with van der Waals surface area (Å²) in [5, 5.41) is 0. The Morgan fingerprint density at radius 1 is 0.962 bits per heavy atom. The van der Waals surface area contributed by atoms with Crippen molar-refractivity contribution in [2.24, 2.45) is 0 Å². The second-order valence-corrected chi connectivity index (χ2v) is 8.81. The van der Waals surface area contributed by atoms with Crippen LogP contribution in [0.5, 0.6) is 0 Å². The molecule has 1 fully saturated rings. The molecule has 0 saturated carbocycles. The van der Waals surface area contributed by atoms with Gasteiger partial charge in [0.15, 0.2) is 9.84 Å². The Bertz CT molecular complexity index is 884. The van der Waals surface area contributed by atoms with Crippen LogP contribution >= 0.6 is 0 Å². The first-order valence-electron chi connectivity index (χ1n) is 8.71. The molecule has 0 aromatic heterocycles. The molecule has 1 aliphatic heterocycles. The van der Waals surface area contributed by atoms with Gasteiger partial charge in [0, 0.05) is 44.5 Å². The smallest absolute Gasteiger partial charge is 0.253 e. The van der Waals surface area contributed by atoms with Crippen LogP contribution in [0.3, 0.4) is 0 Å². The van der Waals surface area contributed by atoms with Crippen molar-refractivity contribution in [2.75, 3.05) is 32.4 Å². The van der Waals surface area contributed by atoms with Crippen LogP contribution < -0.4 is 0 Å². The Labute approximate surface area is 155 Å². The van der Waals surface area contributed by atoms with Crippen LogP contribution in [-0.4, -0.2) is 56.6 Å². The van der Waals surface area contributed by atoms with Crippen molar-refractivity contribution in [1.29, 1.82) is 0 Å². The predicted molar refractivity (Wildman–Crippen MR) is 102 cm³/mol. The lowest BCUT2D eigenvalue weighted by molar-refractivity contribution is 0.0628. The largest absolute Gasteiger partial charge is 0.336 e. The highest BCUT2D eigenvalue weighted by molar-refractivity contribution is 7.90. The van der Waals surface area contributed by atoms with E-state index >= 15 is 0 Å². The number of hydrogen-bond acceptors (Lipinski definition) is 4. The molecule has 2 aromatic rings. The zero-order valence-electron chi connectivity index (χ0n) is 15.2. The van der Waals surface area contributed by atoms with Crippen molar-refractivity contribution >= 4 is 15.7 Å². The molecular weight excluding hydrogens is 348 g/mol. The lowest BCUT2D eigenvalue weighted by atomic mass is 10.1. The number of carbonyl (C=O) groups is 1. The van der Waals surface area contributed by atoms with E-state index in [1.54, 1.807) is 12.1 Å². The number of amides is 1. The van der Waals surface area contributed by atoms with Gasteiger partial charge >= 0.3 is 0 Å². The van der Waals surface area contributed by atoms with E-state index in [0.29, 0.717) is 18.7 Å². The Morgan fingerprint density at radius 2 is 1.58 bits per heavy atom. The predicted octanol–water partition coefficient (Wildman–Crippen LogP) is 2.36. The Hall–Kier alpha value is -2.18. The normalized spacial score (nSPS) is 15.8. The molecule has 0 unspecified atom stereocenters. The quantitative estimate of drug-likeness (QED) is 0.827. The highest BCUT2D eigenvalue weighted by atomic mass is 32.2. The number of aryl methyl sites for hydroxylation is 1.